The molecule has 238 valence electrons. The molecular weight excluding hydrogens is 562 g/mol. The van der Waals surface area contributed by atoms with E-state index in [0.717, 1.165) is 76.9 Å². The van der Waals surface area contributed by atoms with Crippen molar-refractivity contribution in [1.29, 1.82) is 0 Å². The molecule has 11 nitrogen and oxygen atoms in total. The Balaban J connectivity index is 1.08. The van der Waals surface area contributed by atoms with Crippen LogP contribution in [0.2, 0.25) is 0 Å². The van der Waals surface area contributed by atoms with Crippen molar-refractivity contribution >= 4 is 17.4 Å². The topological polar surface area (TPSA) is 162 Å². The first-order valence-corrected chi connectivity index (χ1v) is 15.5. The van der Waals surface area contributed by atoms with E-state index in [2.05, 4.69) is 15.2 Å². The largest absolute Gasteiger partial charge is 0.490 e. The maximum atomic E-state index is 13.0. The molecule has 0 atom stereocenters. The molecule has 0 bridgehead atoms. The fraction of sp³-hybridized carbons (Fsp3) is 0.545. The Morgan fingerprint density at radius 1 is 1.18 bits per heavy atom. The van der Waals surface area contributed by atoms with Crippen molar-refractivity contribution in [3.05, 3.63) is 59.5 Å². The van der Waals surface area contributed by atoms with Gasteiger partial charge in [-0.25, -0.2) is 0 Å². The summed E-state index contributed by atoms with van der Waals surface area (Å²) in [6, 6.07) is 9.13. The van der Waals surface area contributed by atoms with Crippen molar-refractivity contribution < 1.29 is 28.9 Å². The molecule has 0 radical (unpaired) electrons. The molecule has 1 aromatic heterocycles. The molecule has 3 fully saturated rings. The summed E-state index contributed by atoms with van der Waals surface area (Å²) in [4.78, 5) is 31.8. The van der Waals surface area contributed by atoms with Gasteiger partial charge >= 0.3 is 0 Å². The standard InChI is InChI=1S/C33H45N5O6/c1-32(2,41)21-43-24-6-8-28(36-20-24)27(19-34)31(40)37-23-15-33(16-23)17-25(18-33)44-29-14-22(5-7-26(29)30(35)39)4-3-9-38-10-12-42-13-11-38/h5-8,14,19-20,23,25,41H,3-4,9-13,15-18,21,34H2,1-2H3,(H2,35,39)(H,37,40). The molecule has 3 aliphatic rings. The Hall–Kier alpha value is -3.67. The lowest BCUT2D eigenvalue weighted by molar-refractivity contribution is -0.122. The molecule has 2 aromatic rings. The third-order valence-corrected chi connectivity index (χ3v) is 8.68. The molecule has 1 spiro atoms. The lowest BCUT2D eigenvalue weighted by Gasteiger charge is -2.57. The van der Waals surface area contributed by atoms with Crippen molar-refractivity contribution in [2.24, 2.45) is 16.9 Å². The number of amides is 2. The number of morpholine rings is 1. The molecule has 2 heterocycles. The number of hydrogen-bond acceptors (Lipinski definition) is 9. The number of hydrogen-bond donors (Lipinski definition) is 4. The zero-order valence-electron chi connectivity index (χ0n) is 25.7. The van der Waals surface area contributed by atoms with Gasteiger partial charge in [0.1, 0.15) is 18.1 Å². The third kappa shape index (κ3) is 8.08. The maximum absolute atomic E-state index is 13.0. The van der Waals surface area contributed by atoms with E-state index in [4.69, 9.17) is 25.7 Å². The van der Waals surface area contributed by atoms with Crippen LogP contribution in [0.1, 0.15) is 67.6 Å². The summed E-state index contributed by atoms with van der Waals surface area (Å²) in [6.07, 6.45) is 8.16. The van der Waals surface area contributed by atoms with Crippen LogP contribution in [-0.2, 0) is 16.0 Å². The van der Waals surface area contributed by atoms with Crippen molar-refractivity contribution in [3.63, 3.8) is 0 Å². The summed E-state index contributed by atoms with van der Waals surface area (Å²) >= 11 is 0. The number of nitrogens with two attached hydrogens (primary N) is 2. The van der Waals surface area contributed by atoms with Gasteiger partial charge in [0, 0.05) is 25.3 Å². The molecule has 2 aliphatic carbocycles. The highest BCUT2D eigenvalue weighted by atomic mass is 16.5. The summed E-state index contributed by atoms with van der Waals surface area (Å²) in [5.41, 5.74) is 12.9. The minimum Gasteiger partial charge on any atom is -0.490 e. The van der Waals surface area contributed by atoms with Crippen molar-refractivity contribution in [1.82, 2.24) is 15.2 Å². The van der Waals surface area contributed by atoms with E-state index in [0.29, 0.717) is 28.3 Å². The summed E-state index contributed by atoms with van der Waals surface area (Å²) in [7, 11) is 0. The molecule has 5 rings (SSSR count). The molecule has 44 heavy (non-hydrogen) atoms. The van der Waals surface area contributed by atoms with Crippen LogP contribution >= 0.6 is 0 Å². The second kappa shape index (κ2) is 13.5. The first-order chi connectivity index (χ1) is 21.0. The predicted octanol–water partition coefficient (Wildman–Crippen LogP) is 2.40. The van der Waals surface area contributed by atoms with Crippen LogP contribution in [0.3, 0.4) is 0 Å². The smallest absolute Gasteiger partial charge is 0.255 e. The molecule has 2 saturated carbocycles. The zero-order valence-corrected chi connectivity index (χ0v) is 25.7. The van der Waals surface area contributed by atoms with Crippen molar-refractivity contribution in [3.8, 4) is 11.5 Å². The highest BCUT2D eigenvalue weighted by Crippen LogP contribution is 2.57. The fourth-order valence-corrected chi connectivity index (χ4v) is 6.37. The van der Waals surface area contributed by atoms with Gasteiger partial charge in [-0.2, -0.15) is 0 Å². The zero-order chi connectivity index (χ0) is 31.3. The van der Waals surface area contributed by atoms with Crippen LogP contribution in [0.15, 0.2) is 42.7 Å². The van der Waals surface area contributed by atoms with E-state index in [-0.39, 0.29) is 30.1 Å². The van der Waals surface area contributed by atoms with Crippen LogP contribution in [0, 0.1) is 5.41 Å². The van der Waals surface area contributed by atoms with Gasteiger partial charge in [-0.3, -0.25) is 19.5 Å². The summed E-state index contributed by atoms with van der Waals surface area (Å²) in [6.45, 7) is 7.99. The first kappa shape index (κ1) is 31.7. The van der Waals surface area contributed by atoms with Gasteiger partial charge in [0.25, 0.3) is 11.8 Å². The third-order valence-electron chi connectivity index (χ3n) is 8.68. The quantitative estimate of drug-likeness (QED) is 0.251. The second-order valence-corrected chi connectivity index (χ2v) is 13.0. The normalized spacial score (nSPS) is 23.8. The summed E-state index contributed by atoms with van der Waals surface area (Å²) in [5.74, 6) is 0.296. The van der Waals surface area contributed by atoms with Gasteiger partial charge in [0.2, 0.25) is 0 Å². The number of carbonyl (C=O) groups excluding carboxylic acids is 2. The van der Waals surface area contributed by atoms with Crippen LogP contribution in [0.4, 0.5) is 0 Å². The minimum absolute atomic E-state index is 0.00851. The molecule has 1 aromatic carbocycles. The number of rotatable bonds is 13. The maximum Gasteiger partial charge on any atom is 0.255 e. The number of aryl methyl sites for hydroxylation is 1. The van der Waals surface area contributed by atoms with Crippen molar-refractivity contribution in [2.45, 2.75) is 70.1 Å². The number of ether oxygens (including phenoxy) is 3. The fourth-order valence-electron chi connectivity index (χ4n) is 6.37. The number of aliphatic hydroxyl groups is 1. The molecule has 2 amide bonds. The van der Waals surface area contributed by atoms with Gasteiger partial charge in [-0.05, 0) is 94.2 Å². The van der Waals surface area contributed by atoms with Crippen LogP contribution in [-0.4, -0.2) is 84.0 Å². The summed E-state index contributed by atoms with van der Waals surface area (Å²) in [5, 5.41) is 12.9. The van der Waals surface area contributed by atoms with Gasteiger partial charge < -0.3 is 36.1 Å². The van der Waals surface area contributed by atoms with Crippen molar-refractivity contribution in [2.75, 3.05) is 39.5 Å². The Labute approximate surface area is 258 Å². The monoisotopic (exact) mass is 607 g/mol. The van der Waals surface area contributed by atoms with Gasteiger partial charge in [-0.15, -0.1) is 0 Å². The highest BCUT2D eigenvalue weighted by Gasteiger charge is 2.54. The minimum atomic E-state index is -0.964. The first-order valence-electron chi connectivity index (χ1n) is 15.5. The van der Waals surface area contributed by atoms with Gasteiger partial charge in [-0.1, -0.05) is 6.07 Å². The van der Waals surface area contributed by atoms with E-state index in [9.17, 15) is 14.7 Å². The number of carbonyl (C=O) groups is 2. The number of nitrogens with zero attached hydrogens (tertiary/aromatic N) is 2. The van der Waals surface area contributed by atoms with Gasteiger partial charge in [0.05, 0.1) is 47.9 Å². The number of pyridine rings is 1. The Morgan fingerprint density at radius 2 is 1.93 bits per heavy atom. The van der Waals surface area contributed by atoms with Crippen LogP contribution < -0.4 is 26.3 Å². The average Bonchev–Trinajstić information content (AvgIpc) is 2.95. The Bertz CT molecular complexity index is 1340. The summed E-state index contributed by atoms with van der Waals surface area (Å²) < 4.78 is 17.3. The van der Waals surface area contributed by atoms with Gasteiger partial charge in [0.15, 0.2) is 0 Å². The van der Waals surface area contributed by atoms with E-state index in [1.54, 1.807) is 32.0 Å². The molecule has 1 aliphatic heterocycles. The molecule has 1 saturated heterocycles. The number of primary amides is 1. The predicted molar refractivity (Wildman–Crippen MR) is 166 cm³/mol. The second-order valence-electron chi connectivity index (χ2n) is 13.0. The highest BCUT2D eigenvalue weighted by molar-refractivity contribution is 6.18. The Morgan fingerprint density at radius 3 is 2.57 bits per heavy atom. The number of benzene rings is 1. The van der Waals surface area contributed by atoms with Crippen LogP contribution in [0.5, 0.6) is 11.5 Å². The van der Waals surface area contributed by atoms with E-state index in [1.165, 1.54) is 12.4 Å². The van der Waals surface area contributed by atoms with E-state index >= 15 is 0 Å². The SMILES string of the molecule is CC(C)(O)COc1ccc(C(=CN)C(=O)NC2CC3(C2)CC(Oc2cc(CCCN4CCOCC4)ccc2C(N)=O)C3)nc1. The lowest BCUT2D eigenvalue weighted by atomic mass is 9.53. The lowest BCUT2D eigenvalue weighted by Crippen LogP contribution is -2.58. The molecule has 6 N–H and O–H groups in total. The molecular formula is C33H45N5O6. The van der Waals surface area contributed by atoms with Crippen LogP contribution in [0.25, 0.3) is 5.57 Å². The van der Waals surface area contributed by atoms with E-state index < -0.39 is 11.5 Å². The molecule has 0 unspecified atom stereocenters. The number of nitrogens with one attached hydrogen (secondary N) is 1. The number of aromatic nitrogens is 1. The average molecular weight is 608 g/mol. The Kier molecular flexibility index (Phi) is 9.77. The molecule has 11 heteroatoms. The van der Waals surface area contributed by atoms with E-state index in [1.807, 2.05) is 12.1 Å².